The van der Waals surface area contributed by atoms with Crippen molar-refractivity contribution in [1.82, 2.24) is 5.32 Å². The Balaban J connectivity index is 1.91. The fourth-order valence-corrected chi connectivity index (χ4v) is 2.56. The van der Waals surface area contributed by atoms with Crippen molar-refractivity contribution in [3.63, 3.8) is 0 Å². The quantitative estimate of drug-likeness (QED) is 0.829. The molecule has 0 unspecified atom stereocenters. The van der Waals surface area contributed by atoms with Crippen LogP contribution in [0.4, 0.5) is 5.69 Å². The molecule has 2 rings (SSSR count). The monoisotopic (exact) mass is 338 g/mol. The Bertz CT molecular complexity index is 467. The summed E-state index contributed by atoms with van der Waals surface area (Å²) < 4.78 is 0. The number of benzene rings is 1. The molecule has 0 aliphatic heterocycles. The second-order valence-corrected chi connectivity index (χ2v) is 5.63. The average molecular weight is 339 g/mol. The molecule has 0 aromatic heterocycles. The number of hydrogen-bond donors (Lipinski definition) is 2. The molecular weight excluding hydrogens is 320 g/mol. The molecule has 4 nitrogen and oxygen atoms in total. The molecule has 5 heteroatoms. The minimum Gasteiger partial charge on any atom is -0.349 e. The van der Waals surface area contributed by atoms with Crippen molar-refractivity contribution in [1.29, 1.82) is 0 Å². The van der Waals surface area contributed by atoms with Crippen LogP contribution in [-0.4, -0.2) is 23.2 Å². The molecule has 1 aliphatic rings. The molecule has 108 valence electrons. The molecule has 0 atom stereocenters. The Hall–Kier alpha value is -1.36. The van der Waals surface area contributed by atoms with Crippen molar-refractivity contribution in [3.05, 3.63) is 29.8 Å². The van der Waals surface area contributed by atoms with Crippen LogP contribution < -0.4 is 10.6 Å². The Kier molecular flexibility index (Phi) is 5.59. The van der Waals surface area contributed by atoms with Gasteiger partial charge in [0.25, 0.3) is 5.91 Å². The maximum atomic E-state index is 12.1. The zero-order valence-electron chi connectivity index (χ0n) is 11.3. The van der Waals surface area contributed by atoms with Gasteiger partial charge in [0.15, 0.2) is 0 Å². The summed E-state index contributed by atoms with van der Waals surface area (Å²) >= 11 is 3.09. The summed E-state index contributed by atoms with van der Waals surface area (Å²) in [5.74, 6) is -0.139. The standard InChI is InChI=1S/C15H19BrN2O2/c16-10-14(19)17-13-8-6-11(7-9-13)15(20)18-12-4-2-1-3-5-12/h6-9,12H,1-5,10H2,(H,17,19)(H,18,20). The number of alkyl halides is 1. The van der Waals surface area contributed by atoms with Crippen molar-refractivity contribution in [2.45, 2.75) is 38.1 Å². The Labute approximate surface area is 127 Å². The lowest BCUT2D eigenvalue weighted by atomic mass is 9.95. The van der Waals surface area contributed by atoms with Gasteiger partial charge in [-0.05, 0) is 37.1 Å². The smallest absolute Gasteiger partial charge is 0.251 e. The second-order valence-electron chi connectivity index (χ2n) is 5.07. The van der Waals surface area contributed by atoms with Gasteiger partial charge in [-0.15, -0.1) is 0 Å². The third-order valence-electron chi connectivity index (χ3n) is 3.49. The van der Waals surface area contributed by atoms with Crippen LogP contribution in [0.15, 0.2) is 24.3 Å². The number of carbonyl (C=O) groups is 2. The second kappa shape index (κ2) is 7.43. The van der Waals surface area contributed by atoms with Crippen molar-refractivity contribution in [2.75, 3.05) is 10.6 Å². The van der Waals surface area contributed by atoms with Crippen LogP contribution in [0.25, 0.3) is 0 Å². The largest absolute Gasteiger partial charge is 0.349 e. The molecule has 2 amide bonds. The van der Waals surface area contributed by atoms with E-state index in [4.69, 9.17) is 0 Å². The van der Waals surface area contributed by atoms with E-state index in [-0.39, 0.29) is 17.1 Å². The van der Waals surface area contributed by atoms with E-state index < -0.39 is 0 Å². The third-order valence-corrected chi connectivity index (χ3v) is 4.00. The van der Waals surface area contributed by atoms with Crippen LogP contribution in [0.2, 0.25) is 0 Å². The maximum Gasteiger partial charge on any atom is 0.251 e. The summed E-state index contributed by atoms with van der Waals surface area (Å²) in [7, 11) is 0. The molecule has 1 aromatic rings. The van der Waals surface area contributed by atoms with Crippen LogP contribution in [0.3, 0.4) is 0 Å². The van der Waals surface area contributed by atoms with E-state index in [9.17, 15) is 9.59 Å². The minimum atomic E-state index is -0.107. The summed E-state index contributed by atoms with van der Waals surface area (Å²) in [5.41, 5.74) is 1.33. The zero-order chi connectivity index (χ0) is 14.4. The highest BCUT2D eigenvalue weighted by molar-refractivity contribution is 9.09. The first-order valence-corrected chi connectivity index (χ1v) is 8.08. The summed E-state index contributed by atoms with van der Waals surface area (Å²) in [6.45, 7) is 0. The lowest BCUT2D eigenvalue weighted by Gasteiger charge is -2.22. The maximum absolute atomic E-state index is 12.1. The van der Waals surface area contributed by atoms with Gasteiger partial charge in [0.1, 0.15) is 0 Å². The molecule has 0 radical (unpaired) electrons. The van der Waals surface area contributed by atoms with Crippen LogP contribution in [-0.2, 0) is 4.79 Å². The van der Waals surface area contributed by atoms with Crippen molar-refractivity contribution < 1.29 is 9.59 Å². The predicted molar refractivity (Wildman–Crippen MR) is 83.2 cm³/mol. The Morgan fingerprint density at radius 1 is 1.10 bits per heavy atom. The zero-order valence-corrected chi connectivity index (χ0v) is 12.9. The van der Waals surface area contributed by atoms with E-state index in [1.54, 1.807) is 24.3 Å². The van der Waals surface area contributed by atoms with E-state index in [1.807, 2.05) is 0 Å². The van der Waals surface area contributed by atoms with Gasteiger partial charge in [0.05, 0.1) is 5.33 Å². The van der Waals surface area contributed by atoms with Gasteiger partial charge in [-0.1, -0.05) is 35.2 Å². The lowest BCUT2D eigenvalue weighted by Crippen LogP contribution is -2.36. The number of carbonyl (C=O) groups excluding carboxylic acids is 2. The summed E-state index contributed by atoms with van der Waals surface area (Å²) in [4.78, 5) is 23.3. The summed E-state index contributed by atoms with van der Waals surface area (Å²) in [6, 6.07) is 7.28. The number of anilines is 1. The first-order valence-electron chi connectivity index (χ1n) is 6.96. The van der Waals surface area contributed by atoms with Crippen molar-refractivity contribution >= 4 is 33.4 Å². The topological polar surface area (TPSA) is 58.2 Å². The highest BCUT2D eigenvalue weighted by atomic mass is 79.9. The van der Waals surface area contributed by atoms with Gasteiger partial charge in [-0.25, -0.2) is 0 Å². The molecule has 0 saturated heterocycles. The lowest BCUT2D eigenvalue weighted by molar-refractivity contribution is -0.113. The Morgan fingerprint density at radius 3 is 2.35 bits per heavy atom. The average Bonchev–Trinajstić information content (AvgIpc) is 2.49. The van der Waals surface area contributed by atoms with E-state index in [0.29, 0.717) is 17.3 Å². The van der Waals surface area contributed by atoms with Crippen molar-refractivity contribution in [3.8, 4) is 0 Å². The Morgan fingerprint density at radius 2 is 1.75 bits per heavy atom. The fraction of sp³-hybridized carbons (Fsp3) is 0.467. The third kappa shape index (κ3) is 4.34. The van der Waals surface area contributed by atoms with E-state index in [1.165, 1.54) is 19.3 Å². The number of hydrogen-bond acceptors (Lipinski definition) is 2. The van der Waals surface area contributed by atoms with Gasteiger partial charge in [0, 0.05) is 17.3 Å². The van der Waals surface area contributed by atoms with Crippen LogP contribution >= 0.6 is 15.9 Å². The fourth-order valence-electron chi connectivity index (χ4n) is 2.41. The molecule has 20 heavy (non-hydrogen) atoms. The molecule has 0 heterocycles. The molecular formula is C15H19BrN2O2. The van der Waals surface area contributed by atoms with Crippen LogP contribution in [0.1, 0.15) is 42.5 Å². The normalized spacial score (nSPS) is 15.7. The van der Waals surface area contributed by atoms with Gasteiger partial charge in [0.2, 0.25) is 5.91 Å². The van der Waals surface area contributed by atoms with Gasteiger partial charge in [-0.2, -0.15) is 0 Å². The summed E-state index contributed by atoms with van der Waals surface area (Å²) in [5, 5.41) is 6.06. The van der Waals surface area contributed by atoms with Crippen molar-refractivity contribution in [2.24, 2.45) is 0 Å². The SMILES string of the molecule is O=C(CBr)Nc1ccc(C(=O)NC2CCCCC2)cc1. The molecule has 1 aromatic carbocycles. The molecule has 1 fully saturated rings. The first kappa shape index (κ1) is 15.0. The number of amides is 2. The minimum absolute atomic E-state index is 0.0322. The van der Waals surface area contributed by atoms with Gasteiger partial charge >= 0.3 is 0 Å². The van der Waals surface area contributed by atoms with Crippen LogP contribution in [0.5, 0.6) is 0 Å². The number of halogens is 1. The summed E-state index contributed by atoms with van der Waals surface area (Å²) in [6.07, 6.45) is 5.81. The molecule has 0 spiro atoms. The molecule has 1 saturated carbocycles. The molecule has 2 N–H and O–H groups in total. The highest BCUT2D eigenvalue weighted by Crippen LogP contribution is 2.18. The van der Waals surface area contributed by atoms with Gasteiger partial charge in [-0.3, -0.25) is 9.59 Å². The predicted octanol–water partition coefficient (Wildman–Crippen LogP) is 3.08. The van der Waals surface area contributed by atoms with Gasteiger partial charge < -0.3 is 10.6 Å². The molecule has 0 bridgehead atoms. The van der Waals surface area contributed by atoms with E-state index >= 15 is 0 Å². The van der Waals surface area contributed by atoms with E-state index in [0.717, 1.165) is 12.8 Å². The number of rotatable bonds is 4. The van der Waals surface area contributed by atoms with E-state index in [2.05, 4.69) is 26.6 Å². The first-order chi connectivity index (χ1) is 9.69. The number of nitrogens with one attached hydrogen (secondary N) is 2. The molecule has 1 aliphatic carbocycles. The van der Waals surface area contributed by atoms with Crippen LogP contribution in [0, 0.1) is 0 Å². The highest BCUT2D eigenvalue weighted by Gasteiger charge is 2.16.